The molecule has 1 aromatic carbocycles. The Morgan fingerprint density at radius 2 is 2.12 bits per heavy atom. The molecule has 0 spiro atoms. The summed E-state index contributed by atoms with van der Waals surface area (Å²) in [4.78, 5) is 11.6. The maximum absolute atomic E-state index is 11.6. The first kappa shape index (κ1) is 13.7. The van der Waals surface area contributed by atoms with Crippen molar-refractivity contribution in [3.63, 3.8) is 0 Å². The lowest BCUT2D eigenvalue weighted by atomic mass is 10.1. The molecule has 0 aliphatic carbocycles. The largest absolute Gasteiger partial charge is 0.396 e. The molecule has 0 heterocycles. The molecular formula is C14H21NO2. The molecule has 1 amide bonds. The molecule has 0 saturated heterocycles. The summed E-state index contributed by atoms with van der Waals surface area (Å²) in [5, 5.41) is 11.9. The highest BCUT2D eigenvalue weighted by atomic mass is 16.3. The summed E-state index contributed by atoms with van der Waals surface area (Å²) in [5.41, 5.74) is 2.50. The Bertz CT molecular complexity index is 359. The van der Waals surface area contributed by atoms with Gasteiger partial charge in [-0.1, -0.05) is 31.2 Å². The molecule has 0 fully saturated rings. The number of hydrogen-bond donors (Lipinski definition) is 2. The molecule has 17 heavy (non-hydrogen) atoms. The molecule has 0 radical (unpaired) electrons. The van der Waals surface area contributed by atoms with Crippen molar-refractivity contribution in [2.75, 3.05) is 13.2 Å². The van der Waals surface area contributed by atoms with E-state index in [-0.39, 0.29) is 18.4 Å². The Morgan fingerprint density at radius 1 is 1.41 bits per heavy atom. The first-order chi connectivity index (χ1) is 8.19. The van der Waals surface area contributed by atoms with E-state index < -0.39 is 0 Å². The third-order valence-corrected chi connectivity index (χ3v) is 3.04. The lowest BCUT2D eigenvalue weighted by molar-refractivity contribution is -0.126. The minimum Gasteiger partial charge on any atom is -0.396 e. The van der Waals surface area contributed by atoms with Crippen molar-refractivity contribution in [1.82, 2.24) is 5.32 Å². The van der Waals surface area contributed by atoms with Crippen molar-refractivity contribution in [3.8, 4) is 0 Å². The molecule has 0 aliphatic heterocycles. The number of nitrogens with one attached hydrogen (secondary N) is 1. The van der Waals surface area contributed by atoms with E-state index in [1.807, 2.05) is 19.1 Å². The van der Waals surface area contributed by atoms with E-state index in [9.17, 15) is 4.79 Å². The van der Waals surface area contributed by atoms with E-state index in [1.54, 1.807) is 0 Å². The monoisotopic (exact) mass is 235 g/mol. The van der Waals surface area contributed by atoms with Crippen LogP contribution >= 0.6 is 0 Å². The smallest absolute Gasteiger partial charge is 0.225 e. The summed E-state index contributed by atoms with van der Waals surface area (Å²) in [5.74, 6) is -0.324. The summed E-state index contributed by atoms with van der Waals surface area (Å²) in [7, 11) is 0. The lowest BCUT2D eigenvalue weighted by Crippen LogP contribution is -2.33. The maximum atomic E-state index is 11.6. The van der Waals surface area contributed by atoms with Crippen LogP contribution in [0.2, 0.25) is 0 Å². The van der Waals surface area contributed by atoms with Crippen LogP contribution in [0.3, 0.4) is 0 Å². The van der Waals surface area contributed by atoms with E-state index in [0.717, 1.165) is 6.42 Å². The van der Waals surface area contributed by atoms with Crippen LogP contribution in [-0.4, -0.2) is 24.2 Å². The average Bonchev–Trinajstić information content (AvgIpc) is 2.33. The third kappa shape index (κ3) is 4.19. The van der Waals surface area contributed by atoms with Crippen molar-refractivity contribution in [3.05, 3.63) is 35.4 Å². The second kappa shape index (κ2) is 7.07. The normalized spacial score (nSPS) is 12.2. The van der Waals surface area contributed by atoms with Crippen molar-refractivity contribution < 1.29 is 9.90 Å². The predicted molar refractivity (Wildman–Crippen MR) is 68.8 cm³/mol. The molecule has 2 N–H and O–H groups in total. The van der Waals surface area contributed by atoms with Crippen molar-refractivity contribution in [1.29, 1.82) is 0 Å². The second-order valence-corrected chi connectivity index (χ2v) is 4.26. The standard InChI is InChI=1S/C14H21NO2/c1-3-12(10-16)14(17)15-9-8-13-7-5-4-6-11(13)2/h4-7,12,16H,3,8-10H2,1-2H3,(H,15,17). The van der Waals surface area contributed by atoms with Gasteiger partial charge in [0.2, 0.25) is 5.91 Å². The fraction of sp³-hybridized carbons (Fsp3) is 0.500. The number of hydrogen-bond acceptors (Lipinski definition) is 2. The summed E-state index contributed by atoms with van der Waals surface area (Å²) in [6.45, 7) is 4.52. The van der Waals surface area contributed by atoms with Gasteiger partial charge in [-0.15, -0.1) is 0 Å². The van der Waals surface area contributed by atoms with E-state index in [4.69, 9.17) is 5.11 Å². The van der Waals surface area contributed by atoms with Gasteiger partial charge in [-0.25, -0.2) is 0 Å². The number of carbonyl (C=O) groups excluding carboxylic acids is 1. The first-order valence-corrected chi connectivity index (χ1v) is 6.12. The Balaban J connectivity index is 2.38. The van der Waals surface area contributed by atoms with Gasteiger partial charge < -0.3 is 10.4 Å². The Kier molecular flexibility index (Phi) is 5.70. The summed E-state index contributed by atoms with van der Waals surface area (Å²) >= 11 is 0. The summed E-state index contributed by atoms with van der Waals surface area (Å²) in [6, 6.07) is 8.16. The molecule has 1 atom stereocenters. The van der Waals surface area contributed by atoms with Gasteiger partial charge in [0.15, 0.2) is 0 Å². The number of aliphatic hydroxyl groups is 1. The fourth-order valence-electron chi connectivity index (χ4n) is 1.75. The van der Waals surface area contributed by atoms with Crippen molar-refractivity contribution in [2.45, 2.75) is 26.7 Å². The zero-order valence-electron chi connectivity index (χ0n) is 10.6. The number of aliphatic hydroxyl groups excluding tert-OH is 1. The molecule has 1 rings (SSSR count). The van der Waals surface area contributed by atoms with Crippen LogP contribution in [-0.2, 0) is 11.2 Å². The third-order valence-electron chi connectivity index (χ3n) is 3.04. The topological polar surface area (TPSA) is 49.3 Å². The molecule has 0 aliphatic rings. The average molecular weight is 235 g/mol. The van der Waals surface area contributed by atoms with Crippen LogP contribution in [0.1, 0.15) is 24.5 Å². The molecular weight excluding hydrogens is 214 g/mol. The Labute approximate surface area is 103 Å². The van der Waals surface area contributed by atoms with E-state index in [1.165, 1.54) is 11.1 Å². The van der Waals surface area contributed by atoms with E-state index in [2.05, 4.69) is 24.4 Å². The highest BCUT2D eigenvalue weighted by Crippen LogP contribution is 2.07. The van der Waals surface area contributed by atoms with Gasteiger partial charge in [-0.05, 0) is 30.9 Å². The number of amides is 1. The van der Waals surface area contributed by atoms with E-state index >= 15 is 0 Å². The first-order valence-electron chi connectivity index (χ1n) is 6.12. The van der Waals surface area contributed by atoms with Gasteiger partial charge >= 0.3 is 0 Å². The van der Waals surface area contributed by atoms with Crippen LogP contribution in [0, 0.1) is 12.8 Å². The molecule has 1 aromatic rings. The molecule has 3 heteroatoms. The van der Waals surface area contributed by atoms with E-state index in [0.29, 0.717) is 13.0 Å². The summed E-state index contributed by atoms with van der Waals surface area (Å²) in [6.07, 6.45) is 1.51. The number of benzene rings is 1. The van der Waals surface area contributed by atoms with Gasteiger partial charge in [0.25, 0.3) is 0 Å². The molecule has 0 aromatic heterocycles. The number of rotatable bonds is 6. The van der Waals surface area contributed by atoms with Crippen LogP contribution < -0.4 is 5.32 Å². The fourth-order valence-corrected chi connectivity index (χ4v) is 1.75. The minimum absolute atomic E-state index is 0.0522. The van der Waals surface area contributed by atoms with Crippen molar-refractivity contribution >= 4 is 5.91 Å². The highest BCUT2D eigenvalue weighted by Gasteiger charge is 2.14. The van der Waals surface area contributed by atoms with Crippen LogP contribution in [0.5, 0.6) is 0 Å². The minimum atomic E-state index is -0.271. The number of aryl methyl sites for hydroxylation is 1. The van der Waals surface area contributed by atoms with Crippen LogP contribution in [0.15, 0.2) is 24.3 Å². The van der Waals surface area contributed by atoms with Crippen molar-refractivity contribution in [2.24, 2.45) is 5.92 Å². The van der Waals surface area contributed by atoms with Gasteiger partial charge in [0.1, 0.15) is 0 Å². The number of carbonyl (C=O) groups is 1. The predicted octanol–water partition coefficient (Wildman–Crippen LogP) is 1.67. The maximum Gasteiger partial charge on any atom is 0.225 e. The van der Waals surface area contributed by atoms with Gasteiger partial charge in [0.05, 0.1) is 12.5 Å². The highest BCUT2D eigenvalue weighted by molar-refractivity contribution is 5.78. The van der Waals surface area contributed by atoms with Crippen LogP contribution in [0.25, 0.3) is 0 Å². The van der Waals surface area contributed by atoms with Gasteiger partial charge in [0, 0.05) is 6.54 Å². The molecule has 3 nitrogen and oxygen atoms in total. The van der Waals surface area contributed by atoms with Gasteiger partial charge in [-0.3, -0.25) is 4.79 Å². The lowest BCUT2D eigenvalue weighted by Gasteiger charge is -2.12. The van der Waals surface area contributed by atoms with Gasteiger partial charge in [-0.2, -0.15) is 0 Å². The quantitative estimate of drug-likeness (QED) is 0.788. The molecule has 94 valence electrons. The zero-order chi connectivity index (χ0) is 12.7. The summed E-state index contributed by atoms with van der Waals surface area (Å²) < 4.78 is 0. The molecule has 0 saturated carbocycles. The SMILES string of the molecule is CCC(CO)C(=O)NCCc1ccccc1C. The van der Waals surface area contributed by atoms with Crippen LogP contribution in [0.4, 0.5) is 0 Å². The Hall–Kier alpha value is -1.35. The second-order valence-electron chi connectivity index (χ2n) is 4.26. The molecule has 1 unspecified atom stereocenters. The Morgan fingerprint density at radius 3 is 2.71 bits per heavy atom. The molecule has 0 bridgehead atoms. The zero-order valence-corrected chi connectivity index (χ0v) is 10.6.